The smallest absolute Gasteiger partial charge is 0.239 e. The van der Waals surface area contributed by atoms with E-state index in [1.165, 1.54) is 12.8 Å². The fourth-order valence-electron chi connectivity index (χ4n) is 4.67. The molecule has 1 aliphatic carbocycles. The Hall–Kier alpha value is -1.14. The normalized spacial score (nSPS) is 32.7. The number of carbonyl (C=O) groups is 2. The number of nitrogens with one attached hydrogen (secondary N) is 3. The van der Waals surface area contributed by atoms with Gasteiger partial charge in [0.25, 0.3) is 0 Å². The summed E-state index contributed by atoms with van der Waals surface area (Å²) >= 11 is 0. The Kier molecular flexibility index (Phi) is 7.32. The van der Waals surface area contributed by atoms with Crippen LogP contribution in [0.1, 0.15) is 64.2 Å². The summed E-state index contributed by atoms with van der Waals surface area (Å²) in [5.74, 6) is 1.00. The van der Waals surface area contributed by atoms with Gasteiger partial charge in [0.15, 0.2) is 0 Å². The van der Waals surface area contributed by atoms with Crippen molar-refractivity contribution in [1.29, 1.82) is 0 Å². The van der Waals surface area contributed by atoms with Gasteiger partial charge < -0.3 is 20.9 Å². The van der Waals surface area contributed by atoms with Gasteiger partial charge in [0, 0.05) is 19.6 Å². The van der Waals surface area contributed by atoms with Crippen LogP contribution < -0.4 is 16.0 Å². The molecule has 0 spiro atoms. The molecule has 3 aliphatic rings. The topological polar surface area (TPSA) is 73.5 Å². The Labute approximate surface area is 157 Å². The second kappa shape index (κ2) is 9.70. The maximum absolute atomic E-state index is 12.6. The van der Waals surface area contributed by atoms with Crippen LogP contribution >= 0.6 is 0 Å². The summed E-state index contributed by atoms with van der Waals surface area (Å²) in [6.45, 7) is 2.77. The van der Waals surface area contributed by atoms with Gasteiger partial charge in [-0.25, -0.2) is 0 Å². The van der Waals surface area contributed by atoms with Crippen LogP contribution in [0.2, 0.25) is 0 Å². The average molecular weight is 365 g/mol. The Bertz CT molecular complexity index is 464. The molecule has 6 nitrogen and oxygen atoms in total. The molecule has 148 valence electrons. The highest BCUT2D eigenvalue weighted by Gasteiger charge is 2.29. The third-order valence-corrected chi connectivity index (χ3v) is 6.34. The second-order valence-corrected chi connectivity index (χ2v) is 8.45. The minimum atomic E-state index is 0.00761. The molecule has 3 rings (SSSR count). The number of amides is 2. The molecule has 3 fully saturated rings. The third-order valence-electron chi connectivity index (χ3n) is 6.34. The molecule has 6 heteroatoms. The molecule has 0 bridgehead atoms. The molecule has 2 amide bonds. The number of carbonyl (C=O) groups excluding carboxylic acids is 2. The molecule has 0 aromatic carbocycles. The second-order valence-electron chi connectivity index (χ2n) is 8.45. The minimum Gasteiger partial charge on any atom is -0.352 e. The van der Waals surface area contributed by atoms with Crippen LogP contribution in [-0.2, 0) is 9.59 Å². The highest BCUT2D eigenvalue weighted by atomic mass is 16.2. The van der Waals surface area contributed by atoms with Crippen LogP contribution in [0.3, 0.4) is 0 Å². The summed E-state index contributed by atoms with van der Waals surface area (Å²) in [6.07, 6.45) is 10.8. The zero-order valence-electron chi connectivity index (χ0n) is 16.3. The first-order valence-corrected chi connectivity index (χ1v) is 10.7. The summed E-state index contributed by atoms with van der Waals surface area (Å²) in [5, 5.41) is 9.92. The first-order chi connectivity index (χ1) is 12.6. The SMILES string of the molecule is CN(CC1CCC(NC(=O)[C@@H]2CCCCN2)CC1)C(=O)[C@@H]1CCCCN1. The predicted molar refractivity (Wildman–Crippen MR) is 103 cm³/mol. The zero-order chi connectivity index (χ0) is 18.4. The van der Waals surface area contributed by atoms with E-state index in [1.54, 1.807) is 0 Å². The first kappa shape index (κ1) is 19.6. The van der Waals surface area contributed by atoms with Crippen LogP contribution in [0, 0.1) is 5.92 Å². The molecule has 26 heavy (non-hydrogen) atoms. The van der Waals surface area contributed by atoms with E-state index in [1.807, 2.05) is 11.9 Å². The van der Waals surface area contributed by atoms with E-state index in [9.17, 15) is 9.59 Å². The van der Waals surface area contributed by atoms with Gasteiger partial charge in [-0.1, -0.05) is 12.8 Å². The van der Waals surface area contributed by atoms with Crippen LogP contribution in [-0.4, -0.2) is 61.5 Å². The highest BCUT2D eigenvalue weighted by molar-refractivity contribution is 5.82. The quantitative estimate of drug-likeness (QED) is 0.690. The maximum Gasteiger partial charge on any atom is 0.239 e. The molecule has 2 heterocycles. The van der Waals surface area contributed by atoms with Crippen molar-refractivity contribution in [3.05, 3.63) is 0 Å². The summed E-state index contributed by atoms with van der Waals surface area (Å²) in [5.41, 5.74) is 0. The van der Waals surface area contributed by atoms with E-state index in [-0.39, 0.29) is 23.9 Å². The molecule has 0 unspecified atom stereocenters. The van der Waals surface area contributed by atoms with Crippen molar-refractivity contribution in [3.8, 4) is 0 Å². The Morgan fingerprint density at radius 3 is 2.08 bits per heavy atom. The van der Waals surface area contributed by atoms with Crippen LogP contribution in [0.5, 0.6) is 0 Å². The molecular weight excluding hydrogens is 328 g/mol. The van der Waals surface area contributed by atoms with Gasteiger partial charge in [0.05, 0.1) is 12.1 Å². The van der Waals surface area contributed by atoms with E-state index in [2.05, 4.69) is 16.0 Å². The molecule has 3 N–H and O–H groups in total. The van der Waals surface area contributed by atoms with Gasteiger partial charge in [-0.3, -0.25) is 9.59 Å². The van der Waals surface area contributed by atoms with Crippen molar-refractivity contribution >= 4 is 11.8 Å². The predicted octanol–water partition coefficient (Wildman–Crippen LogP) is 1.40. The number of rotatable bonds is 5. The first-order valence-electron chi connectivity index (χ1n) is 10.7. The fourth-order valence-corrected chi connectivity index (χ4v) is 4.67. The molecular formula is C20H36N4O2. The van der Waals surface area contributed by atoms with Gasteiger partial charge in [0.2, 0.25) is 11.8 Å². The molecule has 0 aromatic rings. The standard InChI is InChI=1S/C20H36N4O2/c1-24(20(26)18-7-3-5-13-22-18)14-15-8-10-16(11-9-15)23-19(25)17-6-2-4-12-21-17/h15-18,21-22H,2-14H2,1H3,(H,23,25)/t15?,16?,17-,18-/m0/s1. The third kappa shape index (κ3) is 5.43. The fraction of sp³-hybridized carbons (Fsp3) is 0.900. The summed E-state index contributed by atoms with van der Waals surface area (Å²) in [4.78, 5) is 26.8. The van der Waals surface area contributed by atoms with Crippen molar-refractivity contribution in [2.24, 2.45) is 5.92 Å². The summed E-state index contributed by atoms with van der Waals surface area (Å²) in [6, 6.07) is 0.337. The Morgan fingerprint density at radius 1 is 0.885 bits per heavy atom. The van der Waals surface area contributed by atoms with Crippen molar-refractivity contribution in [3.63, 3.8) is 0 Å². The molecule has 2 aliphatic heterocycles. The molecule has 0 radical (unpaired) electrons. The lowest BCUT2D eigenvalue weighted by Crippen LogP contribution is -2.51. The lowest BCUT2D eigenvalue weighted by Gasteiger charge is -2.34. The highest BCUT2D eigenvalue weighted by Crippen LogP contribution is 2.25. The van der Waals surface area contributed by atoms with E-state index in [0.717, 1.165) is 71.0 Å². The van der Waals surface area contributed by atoms with Crippen molar-refractivity contribution in [2.75, 3.05) is 26.7 Å². The number of hydrogen-bond donors (Lipinski definition) is 3. The van der Waals surface area contributed by atoms with Gasteiger partial charge in [-0.05, 0) is 70.4 Å². The average Bonchev–Trinajstić information content (AvgIpc) is 2.70. The lowest BCUT2D eigenvalue weighted by atomic mass is 9.85. The minimum absolute atomic E-state index is 0.00761. The zero-order valence-corrected chi connectivity index (χ0v) is 16.3. The number of hydrogen-bond acceptors (Lipinski definition) is 4. The molecule has 0 aromatic heterocycles. The number of piperidine rings is 2. The van der Waals surface area contributed by atoms with Crippen LogP contribution in [0.25, 0.3) is 0 Å². The van der Waals surface area contributed by atoms with Crippen LogP contribution in [0.4, 0.5) is 0 Å². The maximum atomic E-state index is 12.6. The van der Waals surface area contributed by atoms with Gasteiger partial charge in [-0.2, -0.15) is 0 Å². The number of likely N-dealkylation sites (N-methyl/N-ethyl adjacent to an activating group) is 1. The van der Waals surface area contributed by atoms with Gasteiger partial charge in [-0.15, -0.1) is 0 Å². The van der Waals surface area contributed by atoms with Gasteiger partial charge >= 0.3 is 0 Å². The number of nitrogens with zero attached hydrogens (tertiary/aromatic N) is 1. The molecule has 1 saturated carbocycles. The monoisotopic (exact) mass is 364 g/mol. The van der Waals surface area contributed by atoms with Crippen molar-refractivity contribution in [1.82, 2.24) is 20.9 Å². The molecule has 2 saturated heterocycles. The van der Waals surface area contributed by atoms with Crippen LogP contribution in [0.15, 0.2) is 0 Å². The van der Waals surface area contributed by atoms with Crippen molar-refractivity contribution in [2.45, 2.75) is 82.3 Å². The van der Waals surface area contributed by atoms with E-state index >= 15 is 0 Å². The van der Waals surface area contributed by atoms with Gasteiger partial charge in [0.1, 0.15) is 0 Å². The van der Waals surface area contributed by atoms with Crippen molar-refractivity contribution < 1.29 is 9.59 Å². The van der Waals surface area contributed by atoms with E-state index < -0.39 is 0 Å². The summed E-state index contributed by atoms with van der Waals surface area (Å²) in [7, 11) is 1.95. The molecule has 2 atom stereocenters. The Morgan fingerprint density at radius 2 is 1.50 bits per heavy atom. The Balaban J connectivity index is 1.36. The largest absolute Gasteiger partial charge is 0.352 e. The lowest BCUT2D eigenvalue weighted by molar-refractivity contribution is -0.133. The van der Waals surface area contributed by atoms with E-state index in [0.29, 0.717) is 12.0 Å². The summed E-state index contributed by atoms with van der Waals surface area (Å²) < 4.78 is 0. The van der Waals surface area contributed by atoms with E-state index in [4.69, 9.17) is 0 Å².